The Morgan fingerprint density at radius 1 is 0.903 bits per heavy atom. The van der Waals surface area contributed by atoms with Crippen molar-refractivity contribution >= 4 is 11.8 Å². The van der Waals surface area contributed by atoms with Crippen molar-refractivity contribution in [2.45, 2.75) is 47.1 Å². The molecule has 5 nitrogen and oxygen atoms in total. The summed E-state index contributed by atoms with van der Waals surface area (Å²) in [7, 11) is 2.99. The minimum atomic E-state index is -0.939. The highest BCUT2D eigenvalue weighted by molar-refractivity contribution is 6.11. The van der Waals surface area contributed by atoms with Gasteiger partial charge in [-0.3, -0.25) is 9.59 Å². The molecule has 0 aromatic heterocycles. The van der Waals surface area contributed by atoms with Gasteiger partial charge in [0.05, 0.1) is 14.2 Å². The Morgan fingerprint density at radius 2 is 1.48 bits per heavy atom. The third-order valence-electron chi connectivity index (χ3n) is 5.10. The van der Waals surface area contributed by atoms with Crippen LogP contribution in [0.5, 0.6) is 11.5 Å². The molecule has 0 radical (unpaired) electrons. The fraction of sp³-hybridized carbons (Fsp3) is 0.462. The molecule has 0 aliphatic carbocycles. The summed E-state index contributed by atoms with van der Waals surface area (Å²) >= 11 is 0. The van der Waals surface area contributed by atoms with Crippen molar-refractivity contribution in [2.75, 3.05) is 14.2 Å². The number of ether oxygens (including phenoxy) is 3. The van der Waals surface area contributed by atoms with E-state index in [-0.39, 0.29) is 29.3 Å². The van der Waals surface area contributed by atoms with Gasteiger partial charge in [0.2, 0.25) is 0 Å². The highest BCUT2D eigenvalue weighted by atomic mass is 16.5. The number of ketones is 1. The fourth-order valence-corrected chi connectivity index (χ4v) is 3.94. The summed E-state index contributed by atoms with van der Waals surface area (Å²) in [4.78, 5) is 26.7. The van der Waals surface area contributed by atoms with E-state index in [2.05, 4.69) is 27.7 Å². The van der Waals surface area contributed by atoms with Gasteiger partial charge in [-0.15, -0.1) is 0 Å². The fourth-order valence-electron chi connectivity index (χ4n) is 3.94. The highest BCUT2D eigenvalue weighted by Gasteiger charge is 2.35. The minimum absolute atomic E-state index is 0.0864. The predicted molar refractivity (Wildman–Crippen MR) is 121 cm³/mol. The predicted octanol–water partition coefficient (Wildman–Crippen LogP) is 5.71. The van der Waals surface area contributed by atoms with Gasteiger partial charge in [0.25, 0.3) is 0 Å². The van der Waals surface area contributed by atoms with Crippen molar-refractivity contribution in [3.63, 3.8) is 0 Å². The molecule has 2 aromatic carbocycles. The van der Waals surface area contributed by atoms with Crippen LogP contribution in [0.2, 0.25) is 0 Å². The molecule has 0 bridgehead atoms. The molecule has 0 fully saturated rings. The summed E-state index contributed by atoms with van der Waals surface area (Å²) in [6, 6.07) is 14.6. The van der Waals surface area contributed by atoms with Crippen molar-refractivity contribution in [1.29, 1.82) is 0 Å². The van der Waals surface area contributed by atoms with E-state index in [0.29, 0.717) is 17.9 Å². The van der Waals surface area contributed by atoms with Crippen LogP contribution >= 0.6 is 0 Å². The first-order valence-corrected chi connectivity index (χ1v) is 10.6. The molecule has 168 valence electrons. The van der Waals surface area contributed by atoms with Crippen LogP contribution in [-0.2, 0) is 16.1 Å². The van der Waals surface area contributed by atoms with Crippen LogP contribution in [0.25, 0.3) is 0 Å². The number of esters is 1. The molecule has 0 aliphatic heterocycles. The van der Waals surface area contributed by atoms with E-state index in [9.17, 15) is 9.59 Å². The number of benzene rings is 2. The number of hydrogen-bond acceptors (Lipinski definition) is 5. The number of methoxy groups -OCH3 is 2. The lowest BCUT2D eigenvalue weighted by Crippen LogP contribution is -2.29. The normalized spacial score (nSPS) is 13.2. The Bertz CT molecular complexity index is 845. The summed E-state index contributed by atoms with van der Waals surface area (Å²) in [5.74, 6) is -0.886. The molecule has 2 atom stereocenters. The van der Waals surface area contributed by atoms with Gasteiger partial charge in [0, 0.05) is 0 Å². The minimum Gasteiger partial charge on any atom is -0.496 e. The molecule has 2 rings (SSSR count). The largest absolute Gasteiger partial charge is 0.496 e. The number of Topliss-reactive ketones (excluding diaryl/α,β-unsaturated/α-hetero) is 1. The van der Waals surface area contributed by atoms with Crippen molar-refractivity contribution in [2.24, 2.45) is 17.3 Å². The first kappa shape index (κ1) is 24.4. The SMILES string of the molecule is COc1cccc(OC)c1C(=O)C(CC(C)CC(C)(C)C)C(=O)OCc1ccccc1. The Hall–Kier alpha value is -2.82. The smallest absolute Gasteiger partial charge is 0.317 e. The lowest BCUT2D eigenvalue weighted by Gasteiger charge is -2.26. The molecule has 0 heterocycles. The number of rotatable bonds is 10. The summed E-state index contributed by atoms with van der Waals surface area (Å²) in [5, 5.41) is 0. The van der Waals surface area contributed by atoms with Crippen LogP contribution in [0.3, 0.4) is 0 Å². The molecule has 0 aliphatic rings. The van der Waals surface area contributed by atoms with E-state index in [0.717, 1.165) is 12.0 Å². The van der Waals surface area contributed by atoms with Crippen molar-refractivity contribution < 1.29 is 23.8 Å². The number of carbonyl (C=O) groups excluding carboxylic acids is 2. The van der Waals surface area contributed by atoms with E-state index < -0.39 is 11.9 Å². The van der Waals surface area contributed by atoms with E-state index >= 15 is 0 Å². The number of carbonyl (C=O) groups is 2. The average Bonchev–Trinajstić information content (AvgIpc) is 2.74. The Labute approximate surface area is 185 Å². The maximum atomic E-state index is 13.6. The van der Waals surface area contributed by atoms with E-state index in [1.54, 1.807) is 18.2 Å². The van der Waals surface area contributed by atoms with Crippen LogP contribution in [-0.4, -0.2) is 26.0 Å². The van der Waals surface area contributed by atoms with Crippen molar-refractivity contribution in [3.8, 4) is 11.5 Å². The monoisotopic (exact) mass is 426 g/mol. The van der Waals surface area contributed by atoms with Gasteiger partial charge in [-0.25, -0.2) is 0 Å². The second-order valence-corrected chi connectivity index (χ2v) is 9.15. The summed E-state index contributed by atoms with van der Waals surface area (Å²) in [6.45, 7) is 8.64. The number of hydrogen-bond donors (Lipinski definition) is 0. The Morgan fingerprint density at radius 3 is 2.00 bits per heavy atom. The second kappa shape index (κ2) is 11.0. The third-order valence-corrected chi connectivity index (χ3v) is 5.10. The quantitative estimate of drug-likeness (QED) is 0.277. The van der Waals surface area contributed by atoms with Gasteiger partial charge in [0.15, 0.2) is 5.78 Å². The lowest BCUT2D eigenvalue weighted by atomic mass is 9.80. The highest BCUT2D eigenvalue weighted by Crippen LogP contribution is 2.35. The van der Waals surface area contributed by atoms with Gasteiger partial charge < -0.3 is 14.2 Å². The molecule has 2 unspecified atom stereocenters. The molecule has 2 aromatic rings. The molecule has 0 spiro atoms. The van der Waals surface area contributed by atoms with Gasteiger partial charge in [-0.05, 0) is 41.9 Å². The van der Waals surface area contributed by atoms with Gasteiger partial charge in [-0.1, -0.05) is 64.1 Å². The Balaban J connectivity index is 2.32. The molecule has 0 saturated carbocycles. The molecule has 0 N–H and O–H groups in total. The average molecular weight is 427 g/mol. The first-order valence-electron chi connectivity index (χ1n) is 10.6. The van der Waals surface area contributed by atoms with E-state index in [1.165, 1.54) is 14.2 Å². The summed E-state index contributed by atoms with van der Waals surface area (Å²) in [5.41, 5.74) is 1.24. The topological polar surface area (TPSA) is 61.8 Å². The zero-order chi connectivity index (χ0) is 23.0. The summed E-state index contributed by atoms with van der Waals surface area (Å²) < 4.78 is 16.4. The van der Waals surface area contributed by atoms with Crippen LogP contribution in [0.4, 0.5) is 0 Å². The van der Waals surface area contributed by atoms with Crippen LogP contribution < -0.4 is 9.47 Å². The molecule has 5 heteroatoms. The molecular formula is C26H34O5. The maximum Gasteiger partial charge on any atom is 0.317 e. The Kier molecular flexibility index (Phi) is 8.66. The van der Waals surface area contributed by atoms with Crippen LogP contribution in [0, 0.1) is 17.3 Å². The summed E-state index contributed by atoms with van der Waals surface area (Å²) in [6.07, 6.45) is 1.27. The second-order valence-electron chi connectivity index (χ2n) is 9.15. The lowest BCUT2D eigenvalue weighted by molar-refractivity contribution is -0.148. The zero-order valence-electron chi connectivity index (χ0n) is 19.4. The molecule has 0 amide bonds. The molecule has 31 heavy (non-hydrogen) atoms. The standard InChI is InChI=1S/C26H34O5/c1-18(16-26(2,3)4)15-20(25(28)31-17-19-11-8-7-9-12-19)24(27)23-21(29-5)13-10-14-22(23)30-6/h7-14,18,20H,15-17H2,1-6H3. The van der Waals surface area contributed by atoms with E-state index in [4.69, 9.17) is 14.2 Å². The van der Waals surface area contributed by atoms with Crippen LogP contribution in [0.1, 0.15) is 56.5 Å². The van der Waals surface area contributed by atoms with E-state index in [1.807, 2.05) is 30.3 Å². The molecular weight excluding hydrogens is 392 g/mol. The van der Waals surface area contributed by atoms with Crippen LogP contribution in [0.15, 0.2) is 48.5 Å². The first-order chi connectivity index (χ1) is 14.7. The van der Waals surface area contributed by atoms with Crippen molar-refractivity contribution in [3.05, 3.63) is 59.7 Å². The van der Waals surface area contributed by atoms with Crippen molar-refractivity contribution in [1.82, 2.24) is 0 Å². The molecule has 0 saturated heterocycles. The third kappa shape index (κ3) is 7.12. The van der Waals surface area contributed by atoms with Gasteiger partial charge >= 0.3 is 5.97 Å². The zero-order valence-corrected chi connectivity index (χ0v) is 19.4. The van der Waals surface area contributed by atoms with Gasteiger partial charge in [-0.2, -0.15) is 0 Å². The van der Waals surface area contributed by atoms with Gasteiger partial charge in [0.1, 0.15) is 29.6 Å². The maximum absolute atomic E-state index is 13.6.